The summed E-state index contributed by atoms with van der Waals surface area (Å²) in [5, 5.41) is 7.12. The van der Waals surface area contributed by atoms with E-state index in [1.165, 1.54) is 0 Å². The van der Waals surface area contributed by atoms with Crippen LogP contribution in [0, 0.1) is 0 Å². The zero-order valence-corrected chi connectivity index (χ0v) is 10.9. The van der Waals surface area contributed by atoms with Crippen molar-refractivity contribution in [3.05, 3.63) is 24.5 Å². The lowest BCUT2D eigenvalue weighted by molar-refractivity contribution is -0.192. The second-order valence-corrected chi connectivity index (χ2v) is 4.51. The lowest BCUT2D eigenvalue weighted by Crippen LogP contribution is -2.48. The molecule has 1 saturated heterocycles. The Kier molecular flexibility index (Phi) is 5.89. The number of anilines is 1. The fourth-order valence-electron chi connectivity index (χ4n) is 1.83. The summed E-state index contributed by atoms with van der Waals surface area (Å²) in [6, 6.07) is 3.71. The minimum absolute atomic E-state index is 0.0704. The first-order valence-corrected chi connectivity index (χ1v) is 6.05. The number of rotatable bonds is 1. The molecular formula is C12H15F4N3O2. The summed E-state index contributed by atoms with van der Waals surface area (Å²) in [5.74, 6) is -2.76. The van der Waals surface area contributed by atoms with Crippen LogP contribution >= 0.6 is 0 Å². The molecule has 1 aliphatic heterocycles. The van der Waals surface area contributed by atoms with Crippen molar-refractivity contribution in [1.82, 2.24) is 4.98 Å². The second kappa shape index (κ2) is 7.21. The van der Waals surface area contributed by atoms with Crippen LogP contribution in [0.15, 0.2) is 24.5 Å². The molecule has 0 spiro atoms. The van der Waals surface area contributed by atoms with Crippen molar-refractivity contribution < 1.29 is 27.5 Å². The van der Waals surface area contributed by atoms with E-state index in [2.05, 4.69) is 4.98 Å². The van der Waals surface area contributed by atoms with E-state index in [-0.39, 0.29) is 6.04 Å². The second-order valence-electron chi connectivity index (χ2n) is 4.51. The molecule has 0 bridgehead atoms. The number of nitrogens with zero attached hydrogens (tertiary/aromatic N) is 2. The molecule has 2 rings (SSSR count). The highest BCUT2D eigenvalue weighted by Gasteiger charge is 2.38. The molecule has 21 heavy (non-hydrogen) atoms. The van der Waals surface area contributed by atoms with Crippen LogP contribution in [0.2, 0.25) is 0 Å². The van der Waals surface area contributed by atoms with Gasteiger partial charge in [-0.15, -0.1) is 0 Å². The summed E-state index contributed by atoms with van der Waals surface area (Å²) in [5.41, 5.74) is 6.70. The topological polar surface area (TPSA) is 79.5 Å². The Labute approximate surface area is 118 Å². The van der Waals surface area contributed by atoms with Crippen molar-refractivity contribution in [1.29, 1.82) is 0 Å². The Morgan fingerprint density at radius 2 is 2.05 bits per heavy atom. The number of hydrogen-bond donors (Lipinski definition) is 2. The Balaban J connectivity index is 0.000000270. The fraction of sp³-hybridized carbons (Fsp3) is 0.500. The number of halogens is 4. The first kappa shape index (κ1) is 17.2. The molecule has 2 atom stereocenters. The van der Waals surface area contributed by atoms with Crippen LogP contribution in [0.1, 0.15) is 6.42 Å². The fourth-order valence-corrected chi connectivity index (χ4v) is 1.83. The van der Waals surface area contributed by atoms with Crippen molar-refractivity contribution in [2.75, 3.05) is 18.0 Å². The quantitative estimate of drug-likeness (QED) is 0.770. The summed E-state index contributed by atoms with van der Waals surface area (Å²) < 4.78 is 45.0. The first-order valence-electron chi connectivity index (χ1n) is 6.05. The predicted molar refractivity (Wildman–Crippen MR) is 67.6 cm³/mol. The van der Waals surface area contributed by atoms with Crippen LogP contribution in [0.3, 0.4) is 0 Å². The maximum absolute atomic E-state index is 13.2. The van der Waals surface area contributed by atoms with E-state index in [1.807, 2.05) is 17.0 Å². The van der Waals surface area contributed by atoms with Gasteiger partial charge in [0.1, 0.15) is 6.17 Å². The normalized spacial score (nSPS) is 22.2. The third-order valence-electron chi connectivity index (χ3n) is 2.69. The summed E-state index contributed by atoms with van der Waals surface area (Å²) in [6.45, 7) is 1.14. The van der Waals surface area contributed by atoms with Crippen molar-refractivity contribution >= 4 is 11.7 Å². The molecule has 0 aromatic carbocycles. The standard InChI is InChI=1S/C10H14FN3.C2HF3O2/c11-8-4-9(12)7-14(6-8)10-2-1-3-13-5-10;3-2(4,5)1(6)7/h1-3,5,8-9H,4,6-7,12H2;(H,6,7). The van der Waals surface area contributed by atoms with Crippen LogP contribution in [-0.2, 0) is 4.79 Å². The van der Waals surface area contributed by atoms with Crippen molar-refractivity contribution in [3.63, 3.8) is 0 Å². The Hall–Kier alpha value is -1.90. The van der Waals surface area contributed by atoms with Gasteiger partial charge in [0.15, 0.2) is 0 Å². The monoisotopic (exact) mass is 309 g/mol. The van der Waals surface area contributed by atoms with Crippen molar-refractivity contribution in [3.8, 4) is 0 Å². The van der Waals surface area contributed by atoms with E-state index in [1.54, 1.807) is 12.4 Å². The molecule has 0 saturated carbocycles. The molecular weight excluding hydrogens is 294 g/mol. The van der Waals surface area contributed by atoms with E-state index in [4.69, 9.17) is 15.6 Å². The molecule has 2 heterocycles. The van der Waals surface area contributed by atoms with Crippen LogP contribution in [-0.4, -0.2) is 47.5 Å². The van der Waals surface area contributed by atoms with Gasteiger partial charge >= 0.3 is 12.1 Å². The van der Waals surface area contributed by atoms with Gasteiger partial charge in [0.05, 0.1) is 11.9 Å². The number of alkyl halides is 4. The average Bonchev–Trinajstić information content (AvgIpc) is 2.38. The molecule has 1 aliphatic rings. The van der Waals surface area contributed by atoms with Gasteiger partial charge in [-0.2, -0.15) is 13.2 Å². The number of piperidine rings is 1. The number of carbonyl (C=O) groups is 1. The SMILES string of the molecule is NC1CC(F)CN(c2cccnc2)C1.O=C(O)C(F)(F)F. The highest BCUT2D eigenvalue weighted by molar-refractivity contribution is 5.73. The summed E-state index contributed by atoms with van der Waals surface area (Å²) >= 11 is 0. The Morgan fingerprint density at radius 1 is 1.43 bits per heavy atom. The summed E-state index contributed by atoms with van der Waals surface area (Å²) in [7, 11) is 0. The number of carboxylic acid groups (broad SMARTS) is 1. The van der Waals surface area contributed by atoms with Gasteiger partial charge in [-0.05, 0) is 18.6 Å². The highest BCUT2D eigenvalue weighted by atomic mass is 19.4. The number of carboxylic acids is 1. The van der Waals surface area contributed by atoms with E-state index < -0.39 is 18.3 Å². The molecule has 2 unspecified atom stereocenters. The molecule has 0 amide bonds. The van der Waals surface area contributed by atoms with Gasteiger partial charge in [0, 0.05) is 25.3 Å². The molecule has 1 aromatic heterocycles. The maximum Gasteiger partial charge on any atom is 0.490 e. The number of nitrogens with two attached hydrogens (primary N) is 1. The van der Waals surface area contributed by atoms with Crippen molar-refractivity contribution in [2.45, 2.75) is 24.8 Å². The number of pyridine rings is 1. The van der Waals surface area contributed by atoms with Crippen LogP contribution < -0.4 is 10.6 Å². The molecule has 1 fully saturated rings. The highest BCUT2D eigenvalue weighted by Crippen LogP contribution is 2.19. The molecule has 0 radical (unpaired) electrons. The van der Waals surface area contributed by atoms with Gasteiger partial charge < -0.3 is 15.7 Å². The molecule has 118 valence electrons. The van der Waals surface area contributed by atoms with E-state index >= 15 is 0 Å². The molecule has 5 nitrogen and oxygen atoms in total. The average molecular weight is 309 g/mol. The van der Waals surface area contributed by atoms with Crippen molar-refractivity contribution in [2.24, 2.45) is 5.73 Å². The number of aromatic nitrogens is 1. The lowest BCUT2D eigenvalue weighted by atomic mass is 10.0. The molecule has 3 N–H and O–H groups in total. The predicted octanol–water partition coefficient (Wildman–Crippen LogP) is 1.59. The molecule has 9 heteroatoms. The Bertz CT molecular complexity index is 446. The van der Waals surface area contributed by atoms with Gasteiger partial charge in [-0.25, -0.2) is 9.18 Å². The minimum atomic E-state index is -5.08. The minimum Gasteiger partial charge on any atom is -0.475 e. The zero-order valence-electron chi connectivity index (χ0n) is 10.9. The molecule has 1 aromatic rings. The third kappa shape index (κ3) is 5.94. The van der Waals surface area contributed by atoms with Gasteiger partial charge in [0.25, 0.3) is 0 Å². The third-order valence-corrected chi connectivity index (χ3v) is 2.69. The van der Waals surface area contributed by atoms with E-state index in [9.17, 15) is 17.6 Å². The van der Waals surface area contributed by atoms with Crippen LogP contribution in [0.5, 0.6) is 0 Å². The Morgan fingerprint density at radius 3 is 2.48 bits per heavy atom. The number of aliphatic carboxylic acids is 1. The smallest absolute Gasteiger partial charge is 0.475 e. The largest absolute Gasteiger partial charge is 0.490 e. The van der Waals surface area contributed by atoms with Gasteiger partial charge in [0.2, 0.25) is 0 Å². The van der Waals surface area contributed by atoms with Crippen LogP contribution in [0.4, 0.5) is 23.2 Å². The molecule has 0 aliphatic carbocycles. The van der Waals surface area contributed by atoms with E-state index in [0.29, 0.717) is 19.5 Å². The van der Waals surface area contributed by atoms with E-state index in [0.717, 1.165) is 5.69 Å². The lowest BCUT2D eigenvalue weighted by Gasteiger charge is -2.34. The zero-order chi connectivity index (χ0) is 16.0. The van der Waals surface area contributed by atoms with Gasteiger partial charge in [-0.1, -0.05) is 0 Å². The van der Waals surface area contributed by atoms with Crippen LogP contribution in [0.25, 0.3) is 0 Å². The van der Waals surface area contributed by atoms with Gasteiger partial charge in [-0.3, -0.25) is 4.98 Å². The summed E-state index contributed by atoms with van der Waals surface area (Å²) in [4.78, 5) is 14.9. The first-order chi connectivity index (χ1) is 9.70. The maximum atomic E-state index is 13.2. The number of hydrogen-bond acceptors (Lipinski definition) is 4. The summed E-state index contributed by atoms with van der Waals surface area (Å²) in [6.07, 6.45) is -1.99.